The van der Waals surface area contributed by atoms with E-state index < -0.39 is 0 Å². The predicted octanol–water partition coefficient (Wildman–Crippen LogP) is 0.877. The van der Waals surface area contributed by atoms with Crippen LogP contribution in [0.1, 0.15) is 13.3 Å². The number of aromatic nitrogens is 2. The molecule has 1 saturated heterocycles. The van der Waals surface area contributed by atoms with Crippen molar-refractivity contribution in [3.63, 3.8) is 0 Å². The summed E-state index contributed by atoms with van der Waals surface area (Å²) in [5.74, 6) is 0. The summed E-state index contributed by atoms with van der Waals surface area (Å²) in [7, 11) is 2.12. The van der Waals surface area contributed by atoms with Gasteiger partial charge in [-0.25, -0.2) is 9.78 Å². The molecule has 0 saturated carbocycles. The molecule has 0 aliphatic carbocycles. The lowest BCUT2D eigenvalue weighted by Crippen LogP contribution is -2.53. The van der Waals surface area contributed by atoms with Gasteiger partial charge in [-0.15, -0.1) is 0 Å². The summed E-state index contributed by atoms with van der Waals surface area (Å²) in [5.41, 5.74) is 0. The number of likely N-dealkylation sites (N-methyl/N-ethyl adjacent to an activating group) is 1. The lowest BCUT2D eigenvalue weighted by molar-refractivity contribution is 0.108. The zero-order valence-electron chi connectivity index (χ0n) is 9.83. The lowest BCUT2D eigenvalue weighted by atomic mass is 10.1. The summed E-state index contributed by atoms with van der Waals surface area (Å²) >= 11 is 0. The summed E-state index contributed by atoms with van der Waals surface area (Å²) in [5, 5.41) is 0. The van der Waals surface area contributed by atoms with Gasteiger partial charge in [0.05, 0.1) is 0 Å². The molecule has 1 aliphatic rings. The van der Waals surface area contributed by atoms with E-state index in [0.717, 1.165) is 26.1 Å². The van der Waals surface area contributed by atoms with Crippen LogP contribution < -0.4 is 0 Å². The molecule has 16 heavy (non-hydrogen) atoms. The van der Waals surface area contributed by atoms with Gasteiger partial charge in [-0.1, -0.05) is 6.92 Å². The van der Waals surface area contributed by atoms with E-state index in [0.29, 0.717) is 6.04 Å². The third-order valence-corrected chi connectivity index (χ3v) is 3.24. The van der Waals surface area contributed by atoms with Crippen LogP contribution in [-0.4, -0.2) is 58.1 Å². The first-order chi connectivity index (χ1) is 7.72. The smallest absolute Gasteiger partial charge is 0.321 e. The Morgan fingerprint density at radius 3 is 2.94 bits per heavy atom. The van der Waals surface area contributed by atoms with Gasteiger partial charge in [0.15, 0.2) is 0 Å². The SMILES string of the molecule is CCC1CN(C(=O)n2ccnc2)CCN1C. The monoisotopic (exact) mass is 222 g/mol. The highest BCUT2D eigenvalue weighted by atomic mass is 16.2. The van der Waals surface area contributed by atoms with Gasteiger partial charge < -0.3 is 4.90 Å². The summed E-state index contributed by atoms with van der Waals surface area (Å²) in [6, 6.07) is 0.505. The molecule has 1 aliphatic heterocycles. The fraction of sp³-hybridized carbons (Fsp3) is 0.636. The second kappa shape index (κ2) is 4.65. The molecule has 0 aromatic carbocycles. The van der Waals surface area contributed by atoms with Crippen molar-refractivity contribution in [1.82, 2.24) is 19.4 Å². The normalized spacial score (nSPS) is 22.4. The zero-order chi connectivity index (χ0) is 11.5. The standard InChI is InChI=1S/C11H18N4O/c1-3-10-8-14(7-6-13(10)2)11(16)15-5-4-12-9-15/h4-5,9-10H,3,6-8H2,1-2H3. The number of nitrogens with zero attached hydrogens (tertiary/aromatic N) is 4. The second-order valence-corrected chi connectivity index (χ2v) is 4.24. The molecule has 5 heteroatoms. The van der Waals surface area contributed by atoms with E-state index in [1.807, 2.05) is 4.90 Å². The number of hydrogen-bond donors (Lipinski definition) is 0. The van der Waals surface area contributed by atoms with Crippen molar-refractivity contribution in [2.45, 2.75) is 19.4 Å². The van der Waals surface area contributed by atoms with Crippen LogP contribution in [0.15, 0.2) is 18.7 Å². The minimum absolute atomic E-state index is 0.0315. The first-order valence-corrected chi connectivity index (χ1v) is 5.70. The molecule has 1 unspecified atom stereocenters. The van der Waals surface area contributed by atoms with E-state index >= 15 is 0 Å². The quantitative estimate of drug-likeness (QED) is 0.708. The number of hydrogen-bond acceptors (Lipinski definition) is 3. The fourth-order valence-corrected chi connectivity index (χ4v) is 2.10. The van der Waals surface area contributed by atoms with Crippen LogP contribution >= 0.6 is 0 Å². The molecule has 2 rings (SSSR count). The molecule has 0 N–H and O–H groups in total. The van der Waals surface area contributed by atoms with Gasteiger partial charge in [0.1, 0.15) is 6.33 Å². The van der Waals surface area contributed by atoms with Gasteiger partial charge in [0.25, 0.3) is 0 Å². The number of carbonyl (C=O) groups is 1. The van der Waals surface area contributed by atoms with Gasteiger partial charge in [0, 0.05) is 38.1 Å². The van der Waals surface area contributed by atoms with Crippen LogP contribution in [0.2, 0.25) is 0 Å². The van der Waals surface area contributed by atoms with Gasteiger partial charge in [-0.3, -0.25) is 9.47 Å². The highest BCUT2D eigenvalue weighted by Gasteiger charge is 2.26. The lowest BCUT2D eigenvalue weighted by Gasteiger charge is -2.38. The largest absolute Gasteiger partial charge is 0.329 e. The Bertz CT molecular complexity index is 349. The maximum atomic E-state index is 12.1. The molecule has 88 valence electrons. The summed E-state index contributed by atoms with van der Waals surface area (Å²) in [6.07, 6.45) is 5.96. The fourth-order valence-electron chi connectivity index (χ4n) is 2.10. The van der Waals surface area contributed by atoms with Crippen LogP contribution in [0, 0.1) is 0 Å². The molecule has 1 aromatic rings. The van der Waals surface area contributed by atoms with Crippen LogP contribution in [0.4, 0.5) is 4.79 Å². The van der Waals surface area contributed by atoms with E-state index in [1.54, 1.807) is 18.7 Å². The van der Waals surface area contributed by atoms with Crippen LogP contribution in [0.3, 0.4) is 0 Å². The number of rotatable bonds is 1. The molecule has 0 bridgehead atoms. The van der Waals surface area contributed by atoms with Crippen molar-refractivity contribution in [3.05, 3.63) is 18.7 Å². The van der Waals surface area contributed by atoms with Crippen molar-refractivity contribution in [3.8, 4) is 0 Å². The number of carbonyl (C=O) groups excluding carboxylic acids is 1. The Hall–Kier alpha value is -1.36. The first kappa shape index (κ1) is 11.1. The van der Waals surface area contributed by atoms with Crippen molar-refractivity contribution in [2.75, 3.05) is 26.7 Å². The molecule has 5 nitrogen and oxygen atoms in total. The highest BCUT2D eigenvalue weighted by molar-refractivity contribution is 5.76. The Kier molecular flexibility index (Phi) is 3.24. The summed E-state index contributed by atoms with van der Waals surface area (Å²) < 4.78 is 1.54. The minimum atomic E-state index is 0.0315. The van der Waals surface area contributed by atoms with Gasteiger partial charge in [-0.2, -0.15) is 0 Å². The maximum absolute atomic E-state index is 12.1. The zero-order valence-corrected chi connectivity index (χ0v) is 9.83. The van der Waals surface area contributed by atoms with E-state index in [1.165, 1.54) is 4.57 Å². The maximum Gasteiger partial charge on any atom is 0.329 e. The van der Waals surface area contributed by atoms with Crippen molar-refractivity contribution < 1.29 is 4.79 Å². The van der Waals surface area contributed by atoms with E-state index in [2.05, 4.69) is 23.9 Å². The summed E-state index contributed by atoms with van der Waals surface area (Å²) in [4.78, 5) is 20.2. The molecule has 1 atom stereocenters. The third kappa shape index (κ3) is 2.09. The van der Waals surface area contributed by atoms with Crippen molar-refractivity contribution >= 4 is 6.03 Å². The highest BCUT2D eigenvalue weighted by Crippen LogP contribution is 2.11. The molecular weight excluding hydrogens is 204 g/mol. The third-order valence-electron chi connectivity index (χ3n) is 3.24. The number of piperazine rings is 1. The Morgan fingerprint density at radius 2 is 2.31 bits per heavy atom. The Balaban J connectivity index is 2.03. The summed E-state index contributed by atoms with van der Waals surface area (Å²) in [6.45, 7) is 4.71. The van der Waals surface area contributed by atoms with E-state index in [9.17, 15) is 4.79 Å². The van der Waals surface area contributed by atoms with Crippen LogP contribution in [0.5, 0.6) is 0 Å². The Morgan fingerprint density at radius 1 is 1.50 bits per heavy atom. The molecule has 1 aromatic heterocycles. The molecule has 0 spiro atoms. The van der Waals surface area contributed by atoms with Crippen molar-refractivity contribution in [1.29, 1.82) is 0 Å². The molecule has 1 fully saturated rings. The molecular formula is C11H18N4O. The topological polar surface area (TPSA) is 41.4 Å². The molecule has 1 amide bonds. The van der Waals surface area contributed by atoms with Crippen molar-refractivity contribution in [2.24, 2.45) is 0 Å². The van der Waals surface area contributed by atoms with Crippen LogP contribution in [-0.2, 0) is 0 Å². The second-order valence-electron chi connectivity index (χ2n) is 4.24. The average Bonchev–Trinajstić information content (AvgIpc) is 2.82. The predicted molar refractivity (Wildman–Crippen MR) is 61.3 cm³/mol. The van der Waals surface area contributed by atoms with E-state index in [-0.39, 0.29) is 6.03 Å². The average molecular weight is 222 g/mol. The van der Waals surface area contributed by atoms with Gasteiger partial charge >= 0.3 is 6.03 Å². The van der Waals surface area contributed by atoms with E-state index in [4.69, 9.17) is 0 Å². The Labute approximate surface area is 95.7 Å². The number of amides is 1. The number of imidazole rings is 1. The van der Waals surface area contributed by atoms with Gasteiger partial charge in [0.2, 0.25) is 0 Å². The first-order valence-electron chi connectivity index (χ1n) is 5.70. The minimum Gasteiger partial charge on any atom is -0.321 e. The van der Waals surface area contributed by atoms with Crippen LogP contribution in [0.25, 0.3) is 0 Å². The molecule has 2 heterocycles. The molecule has 0 radical (unpaired) electrons. The van der Waals surface area contributed by atoms with Gasteiger partial charge in [-0.05, 0) is 13.5 Å².